The Morgan fingerprint density at radius 2 is 1.85 bits per heavy atom. The van der Waals surface area contributed by atoms with Gasteiger partial charge >= 0.3 is 0 Å². The van der Waals surface area contributed by atoms with Gasteiger partial charge in [0.25, 0.3) is 5.91 Å². The van der Waals surface area contributed by atoms with Gasteiger partial charge in [-0.1, -0.05) is 0 Å². The minimum absolute atomic E-state index is 0.154. The Kier molecular flexibility index (Phi) is 2.60. The average molecular weight is 185 g/mol. The van der Waals surface area contributed by atoms with E-state index in [1.807, 2.05) is 0 Å². The van der Waals surface area contributed by atoms with Crippen LogP contribution in [0.2, 0.25) is 0 Å². The van der Waals surface area contributed by atoms with Crippen molar-refractivity contribution in [3.63, 3.8) is 0 Å². The summed E-state index contributed by atoms with van der Waals surface area (Å²) in [5.74, 6) is -2.37. The summed E-state index contributed by atoms with van der Waals surface area (Å²) in [6.45, 7) is 1.55. The smallest absolute Gasteiger partial charge is 0.251 e. The molecule has 0 aliphatic carbocycles. The van der Waals surface area contributed by atoms with Crippen LogP contribution in [-0.2, 0) is 0 Å². The van der Waals surface area contributed by atoms with Gasteiger partial charge in [0.05, 0.1) is 0 Å². The Hall–Kier alpha value is -1.45. The van der Waals surface area contributed by atoms with Crippen LogP contribution in [0.3, 0.4) is 0 Å². The largest absolute Gasteiger partial charge is 0.355 e. The summed E-state index contributed by atoms with van der Waals surface area (Å²) in [6, 6.07) is 1.89. The molecule has 0 aliphatic rings. The van der Waals surface area contributed by atoms with E-state index in [1.54, 1.807) is 6.92 Å². The van der Waals surface area contributed by atoms with Gasteiger partial charge in [-0.3, -0.25) is 4.79 Å². The highest BCUT2D eigenvalue weighted by molar-refractivity contribution is 5.95. The van der Waals surface area contributed by atoms with Gasteiger partial charge in [-0.15, -0.1) is 0 Å². The topological polar surface area (TPSA) is 29.1 Å². The molecule has 0 aromatic heterocycles. The summed E-state index contributed by atoms with van der Waals surface area (Å²) in [5.41, 5.74) is 0.569. The third-order valence-electron chi connectivity index (χ3n) is 1.74. The molecule has 0 heterocycles. The van der Waals surface area contributed by atoms with E-state index in [2.05, 4.69) is 5.32 Å². The molecule has 1 aromatic rings. The van der Waals surface area contributed by atoms with E-state index in [0.29, 0.717) is 5.56 Å². The van der Waals surface area contributed by atoms with Gasteiger partial charge in [-0.25, -0.2) is 8.78 Å². The first-order chi connectivity index (χ1) is 6.06. The zero-order chi connectivity index (χ0) is 10.0. The highest BCUT2D eigenvalue weighted by Gasteiger charge is 2.11. The fraction of sp³-hybridized carbons (Fsp3) is 0.222. The predicted molar refractivity (Wildman–Crippen MR) is 44.5 cm³/mol. The van der Waals surface area contributed by atoms with Gasteiger partial charge in [-0.05, 0) is 24.6 Å². The first-order valence-corrected chi connectivity index (χ1v) is 3.74. The molecule has 2 nitrogen and oxygen atoms in total. The number of aryl methyl sites for hydroxylation is 1. The van der Waals surface area contributed by atoms with Crippen molar-refractivity contribution in [3.8, 4) is 0 Å². The van der Waals surface area contributed by atoms with E-state index in [1.165, 1.54) is 7.05 Å². The Bertz CT molecular complexity index is 350. The molecule has 0 bridgehead atoms. The number of halogens is 2. The van der Waals surface area contributed by atoms with E-state index in [9.17, 15) is 13.6 Å². The van der Waals surface area contributed by atoms with Crippen molar-refractivity contribution in [1.82, 2.24) is 5.32 Å². The van der Waals surface area contributed by atoms with Crippen molar-refractivity contribution in [2.45, 2.75) is 6.92 Å². The van der Waals surface area contributed by atoms with Crippen LogP contribution in [0.4, 0.5) is 8.78 Å². The van der Waals surface area contributed by atoms with Crippen LogP contribution < -0.4 is 5.32 Å². The van der Waals surface area contributed by atoms with Gasteiger partial charge < -0.3 is 5.32 Å². The molecule has 1 aromatic carbocycles. The average Bonchev–Trinajstić information content (AvgIpc) is 2.10. The molecule has 13 heavy (non-hydrogen) atoms. The van der Waals surface area contributed by atoms with Crippen molar-refractivity contribution in [1.29, 1.82) is 0 Å². The third kappa shape index (κ3) is 1.83. The highest BCUT2D eigenvalue weighted by atomic mass is 19.2. The highest BCUT2D eigenvalue weighted by Crippen LogP contribution is 2.13. The Morgan fingerprint density at radius 3 is 2.38 bits per heavy atom. The van der Waals surface area contributed by atoms with Crippen molar-refractivity contribution in [3.05, 3.63) is 34.9 Å². The summed E-state index contributed by atoms with van der Waals surface area (Å²) in [6.07, 6.45) is 0. The van der Waals surface area contributed by atoms with Crippen LogP contribution in [0.25, 0.3) is 0 Å². The van der Waals surface area contributed by atoms with E-state index < -0.39 is 17.5 Å². The molecule has 1 N–H and O–H groups in total. The number of hydrogen-bond donors (Lipinski definition) is 1. The van der Waals surface area contributed by atoms with Crippen LogP contribution >= 0.6 is 0 Å². The molecule has 0 aliphatic heterocycles. The van der Waals surface area contributed by atoms with Gasteiger partial charge in [0, 0.05) is 12.6 Å². The van der Waals surface area contributed by atoms with Gasteiger partial charge in [0.15, 0.2) is 11.6 Å². The molecule has 1 rings (SSSR count). The number of hydrogen-bond acceptors (Lipinski definition) is 1. The van der Waals surface area contributed by atoms with Crippen molar-refractivity contribution in [2.75, 3.05) is 7.05 Å². The fourth-order valence-electron chi connectivity index (χ4n) is 1.03. The Balaban J connectivity index is 3.23. The number of amides is 1. The second-order valence-corrected chi connectivity index (χ2v) is 2.66. The maximum absolute atomic E-state index is 12.7. The summed E-state index contributed by atoms with van der Waals surface area (Å²) in [5, 5.41) is 2.34. The molecule has 4 heteroatoms. The van der Waals surface area contributed by atoms with E-state index in [0.717, 1.165) is 12.1 Å². The zero-order valence-electron chi connectivity index (χ0n) is 7.32. The maximum atomic E-state index is 12.7. The maximum Gasteiger partial charge on any atom is 0.251 e. The second kappa shape index (κ2) is 3.51. The molecule has 1 amide bonds. The minimum Gasteiger partial charge on any atom is -0.355 e. The standard InChI is InChI=1S/C9H9F2NO/c1-5-3-7(10)8(11)4-6(5)9(13)12-2/h3-4H,1-2H3,(H,12,13). The van der Waals surface area contributed by atoms with Crippen molar-refractivity contribution >= 4 is 5.91 Å². The van der Waals surface area contributed by atoms with Gasteiger partial charge in [0.1, 0.15) is 0 Å². The van der Waals surface area contributed by atoms with Gasteiger partial charge in [-0.2, -0.15) is 0 Å². The minimum atomic E-state index is -1.01. The lowest BCUT2D eigenvalue weighted by Crippen LogP contribution is -2.19. The molecule has 0 fully saturated rings. The third-order valence-corrected chi connectivity index (χ3v) is 1.74. The van der Waals surface area contributed by atoms with Crippen LogP contribution in [0.5, 0.6) is 0 Å². The van der Waals surface area contributed by atoms with Crippen LogP contribution in [0.1, 0.15) is 15.9 Å². The first kappa shape index (κ1) is 9.64. The molecule has 70 valence electrons. The monoisotopic (exact) mass is 185 g/mol. The van der Waals surface area contributed by atoms with Crippen LogP contribution in [0, 0.1) is 18.6 Å². The normalized spacial score (nSPS) is 9.85. The Morgan fingerprint density at radius 1 is 1.31 bits per heavy atom. The van der Waals surface area contributed by atoms with E-state index >= 15 is 0 Å². The molecular weight excluding hydrogens is 176 g/mol. The number of nitrogens with one attached hydrogen (secondary N) is 1. The molecule has 0 radical (unpaired) electrons. The quantitative estimate of drug-likeness (QED) is 0.707. The summed E-state index contributed by atoms with van der Waals surface area (Å²) < 4.78 is 25.3. The lowest BCUT2D eigenvalue weighted by Gasteiger charge is -2.04. The molecule has 0 atom stereocenters. The lowest BCUT2D eigenvalue weighted by atomic mass is 10.1. The first-order valence-electron chi connectivity index (χ1n) is 3.74. The SMILES string of the molecule is CNC(=O)c1cc(F)c(F)cc1C. The molecule has 0 saturated heterocycles. The van der Waals surface area contributed by atoms with Crippen molar-refractivity contribution in [2.24, 2.45) is 0 Å². The van der Waals surface area contributed by atoms with Gasteiger partial charge in [0.2, 0.25) is 0 Å². The van der Waals surface area contributed by atoms with E-state index in [-0.39, 0.29) is 5.56 Å². The number of carbonyl (C=O) groups excluding carboxylic acids is 1. The Labute approximate surface area is 74.6 Å². The van der Waals surface area contributed by atoms with Crippen LogP contribution in [0.15, 0.2) is 12.1 Å². The summed E-state index contributed by atoms with van der Waals surface area (Å²) in [4.78, 5) is 11.1. The predicted octanol–water partition coefficient (Wildman–Crippen LogP) is 1.63. The summed E-state index contributed by atoms with van der Waals surface area (Å²) >= 11 is 0. The van der Waals surface area contributed by atoms with E-state index in [4.69, 9.17) is 0 Å². The second-order valence-electron chi connectivity index (χ2n) is 2.66. The lowest BCUT2D eigenvalue weighted by molar-refractivity contribution is 0.0962. The number of carbonyl (C=O) groups is 1. The zero-order valence-corrected chi connectivity index (χ0v) is 7.32. The summed E-state index contributed by atoms with van der Waals surface area (Å²) in [7, 11) is 1.43. The number of rotatable bonds is 1. The molecular formula is C9H9F2NO. The van der Waals surface area contributed by atoms with Crippen LogP contribution in [-0.4, -0.2) is 13.0 Å². The fourth-order valence-corrected chi connectivity index (χ4v) is 1.03. The molecule has 0 saturated carbocycles. The number of benzene rings is 1. The molecule has 0 unspecified atom stereocenters. The molecule has 0 spiro atoms. The van der Waals surface area contributed by atoms with Crippen molar-refractivity contribution < 1.29 is 13.6 Å².